The Bertz CT molecular complexity index is 1090. The quantitative estimate of drug-likeness (QED) is 0.328. The van der Waals surface area contributed by atoms with E-state index in [4.69, 9.17) is 9.26 Å². The molecular formula is C23H25N5O2S. The molecule has 31 heavy (non-hydrogen) atoms. The van der Waals surface area contributed by atoms with Crippen LogP contribution in [0.2, 0.25) is 0 Å². The van der Waals surface area contributed by atoms with Gasteiger partial charge in [-0.25, -0.2) is 0 Å². The third kappa shape index (κ3) is 5.32. The maximum Gasteiger partial charge on any atom is 0.226 e. The molecule has 0 fully saturated rings. The van der Waals surface area contributed by atoms with Crippen molar-refractivity contribution in [3.63, 3.8) is 0 Å². The topological polar surface area (TPSA) is 78.9 Å². The number of rotatable bonds is 10. The van der Waals surface area contributed by atoms with Gasteiger partial charge in [-0.1, -0.05) is 54.2 Å². The highest BCUT2D eigenvalue weighted by atomic mass is 32.2. The third-order valence-corrected chi connectivity index (χ3v) is 5.54. The minimum absolute atomic E-state index is 0.563. The molecule has 0 atom stereocenters. The highest BCUT2D eigenvalue weighted by Crippen LogP contribution is 2.27. The number of thioether (sulfide) groups is 1. The number of benzene rings is 2. The molecule has 4 aromatic rings. The van der Waals surface area contributed by atoms with Gasteiger partial charge in [0.2, 0.25) is 5.89 Å². The van der Waals surface area contributed by atoms with Gasteiger partial charge in [0.1, 0.15) is 11.6 Å². The molecule has 2 aromatic heterocycles. The molecule has 0 radical (unpaired) electrons. The number of aromatic nitrogens is 5. The summed E-state index contributed by atoms with van der Waals surface area (Å²) in [6.45, 7) is 4.70. The van der Waals surface area contributed by atoms with Gasteiger partial charge in [0.15, 0.2) is 11.0 Å². The van der Waals surface area contributed by atoms with Crippen molar-refractivity contribution in [3.8, 4) is 11.4 Å². The summed E-state index contributed by atoms with van der Waals surface area (Å²) in [5.74, 6) is 3.62. The van der Waals surface area contributed by atoms with Gasteiger partial charge in [-0.15, -0.1) is 10.2 Å². The highest BCUT2D eigenvalue weighted by molar-refractivity contribution is 7.98. The third-order valence-electron chi connectivity index (χ3n) is 4.62. The lowest BCUT2D eigenvalue weighted by Gasteiger charge is -2.11. The van der Waals surface area contributed by atoms with E-state index < -0.39 is 0 Å². The van der Waals surface area contributed by atoms with E-state index in [1.54, 1.807) is 11.8 Å². The fourth-order valence-electron chi connectivity index (χ4n) is 3.20. The van der Waals surface area contributed by atoms with E-state index >= 15 is 0 Å². The Balaban J connectivity index is 1.60. The Morgan fingerprint density at radius 3 is 2.55 bits per heavy atom. The van der Waals surface area contributed by atoms with Crippen molar-refractivity contribution in [1.29, 1.82) is 0 Å². The number of ether oxygens (including phenoxy) is 1. The first-order valence-electron chi connectivity index (χ1n) is 10.4. The van der Waals surface area contributed by atoms with Crippen LogP contribution in [-0.2, 0) is 18.6 Å². The maximum atomic E-state index is 5.59. The Hall–Kier alpha value is -3.13. The molecule has 7 nitrogen and oxygen atoms in total. The zero-order valence-corrected chi connectivity index (χ0v) is 18.5. The van der Waals surface area contributed by atoms with Crippen molar-refractivity contribution in [2.45, 2.75) is 44.0 Å². The number of hydrogen-bond donors (Lipinski definition) is 0. The summed E-state index contributed by atoms with van der Waals surface area (Å²) in [5, 5.41) is 13.8. The molecular weight excluding hydrogens is 410 g/mol. The van der Waals surface area contributed by atoms with Crippen LogP contribution in [0.4, 0.5) is 0 Å². The van der Waals surface area contributed by atoms with E-state index in [1.165, 1.54) is 5.56 Å². The van der Waals surface area contributed by atoms with Crippen molar-refractivity contribution in [2.24, 2.45) is 0 Å². The van der Waals surface area contributed by atoms with E-state index in [9.17, 15) is 0 Å². The van der Waals surface area contributed by atoms with Gasteiger partial charge in [-0.2, -0.15) is 4.98 Å². The van der Waals surface area contributed by atoms with E-state index in [0.717, 1.165) is 35.3 Å². The Kier molecular flexibility index (Phi) is 6.99. The predicted octanol–water partition coefficient (Wildman–Crippen LogP) is 4.88. The van der Waals surface area contributed by atoms with E-state index in [2.05, 4.69) is 44.0 Å². The van der Waals surface area contributed by atoms with Crippen LogP contribution in [0.25, 0.3) is 5.69 Å². The fraction of sp³-hybridized carbons (Fsp3) is 0.304. The normalized spacial score (nSPS) is 11.0. The Morgan fingerprint density at radius 1 is 1.00 bits per heavy atom. The lowest BCUT2D eigenvalue weighted by atomic mass is 10.1. The molecule has 0 saturated carbocycles. The van der Waals surface area contributed by atoms with Gasteiger partial charge in [0, 0.05) is 18.5 Å². The minimum Gasteiger partial charge on any atom is -0.494 e. The maximum absolute atomic E-state index is 5.59. The standard InChI is InChI=1S/C23H25N5O2S/c1-3-8-22-24-20(27-30-22)16-31-23-26-25-21(15-17-9-6-5-7-10-17)28(23)18-11-13-19(14-12-18)29-4-2/h5-7,9-14H,3-4,8,15-16H2,1-2H3. The number of nitrogens with zero attached hydrogens (tertiary/aromatic N) is 5. The summed E-state index contributed by atoms with van der Waals surface area (Å²) in [6, 6.07) is 18.3. The van der Waals surface area contributed by atoms with Crippen LogP contribution in [0.3, 0.4) is 0 Å². The summed E-state index contributed by atoms with van der Waals surface area (Å²) in [6.07, 6.45) is 2.45. The average molecular weight is 436 g/mol. The molecule has 0 bridgehead atoms. The number of aryl methyl sites for hydroxylation is 1. The van der Waals surface area contributed by atoms with Crippen molar-refractivity contribution in [2.75, 3.05) is 6.61 Å². The Morgan fingerprint density at radius 2 is 1.81 bits per heavy atom. The van der Waals surface area contributed by atoms with Crippen molar-refractivity contribution >= 4 is 11.8 Å². The van der Waals surface area contributed by atoms with Crippen molar-refractivity contribution < 1.29 is 9.26 Å². The van der Waals surface area contributed by atoms with Crippen LogP contribution < -0.4 is 4.74 Å². The lowest BCUT2D eigenvalue weighted by molar-refractivity contribution is 0.340. The zero-order valence-electron chi connectivity index (χ0n) is 17.7. The molecule has 0 N–H and O–H groups in total. The monoisotopic (exact) mass is 435 g/mol. The second-order valence-electron chi connectivity index (χ2n) is 6.97. The van der Waals surface area contributed by atoms with Gasteiger partial charge < -0.3 is 9.26 Å². The molecule has 0 spiro atoms. The molecule has 0 saturated heterocycles. The van der Waals surface area contributed by atoms with Gasteiger partial charge in [-0.3, -0.25) is 4.57 Å². The second-order valence-corrected chi connectivity index (χ2v) is 7.91. The van der Waals surface area contributed by atoms with E-state index in [0.29, 0.717) is 30.5 Å². The largest absolute Gasteiger partial charge is 0.494 e. The van der Waals surface area contributed by atoms with Crippen molar-refractivity contribution in [1.82, 2.24) is 24.9 Å². The first-order chi connectivity index (χ1) is 15.3. The summed E-state index contributed by atoms with van der Waals surface area (Å²) < 4.78 is 13.0. The van der Waals surface area contributed by atoms with Crippen LogP contribution in [0, 0.1) is 0 Å². The predicted molar refractivity (Wildman–Crippen MR) is 120 cm³/mol. The summed E-state index contributed by atoms with van der Waals surface area (Å²) in [5.41, 5.74) is 2.17. The molecule has 2 heterocycles. The van der Waals surface area contributed by atoms with Crippen LogP contribution >= 0.6 is 11.8 Å². The summed E-state index contributed by atoms with van der Waals surface area (Å²) in [7, 11) is 0. The minimum atomic E-state index is 0.563. The van der Waals surface area contributed by atoms with Crippen molar-refractivity contribution in [3.05, 3.63) is 77.7 Å². The van der Waals surface area contributed by atoms with E-state index in [1.807, 2.05) is 49.4 Å². The van der Waals surface area contributed by atoms with Gasteiger partial charge in [-0.05, 0) is 43.2 Å². The molecule has 0 unspecified atom stereocenters. The molecule has 0 aliphatic heterocycles. The molecule has 2 aromatic carbocycles. The van der Waals surface area contributed by atoms with Gasteiger partial charge in [0.25, 0.3) is 0 Å². The SMILES string of the molecule is CCCc1nc(CSc2nnc(Cc3ccccc3)n2-c2ccc(OCC)cc2)no1. The fourth-order valence-corrected chi connectivity index (χ4v) is 4.01. The Labute approximate surface area is 185 Å². The molecule has 0 amide bonds. The summed E-state index contributed by atoms with van der Waals surface area (Å²) >= 11 is 1.55. The van der Waals surface area contributed by atoms with E-state index in [-0.39, 0.29) is 0 Å². The van der Waals surface area contributed by atoms with Gasteiger partial charge >= 0.3 is 0 Å². The van der Waals surface area contributed by atoms with Crippen LogP contribution in [0.1, 0.15) is 43.4 Å². The van der Waals surface area contributed by atoms with Crippen LogP contribution in [0.15, 0.2) is 64.3 Å². The number of hydrogen-bond acceptors (Lipinski definition) is 7. The molecule has 160 valence electrons. The smallest absolute Gasteiger partial charge is 0.226 e. The zero-order chi connectivity index (χ0) is 21.5. The first kappa shape index (κ1) is 21.1. The first-order valence-corrected chi connectivity index (χ1v) is 11.4. The molecule has 0 aliphatic rings. The van der Waals surface area contributed by atoms with Gasteiger partial charge in [0.05, 0.1) is 12.4 Å². The molecule has 4 rings (SSSR count). The summed E-state index contributed by atoms with van der Waals surface area (Å²) in [4.78, 5) is 4.45. The average Bonchev–Trinajstić information content (AvgIpc) is 3.41. The van der Waals surface area contributed by atoms with Crippen LogP contribution in [-0.4, -0.2) is 31.5 Å². The molecule has 0 aliphatic carbocycles. The highest BCUT2D eigenvalue weighted by Gasteiger charge is 2.17. The second kappa shape index (κ2) is 10.3. The van der Waals surface area contributed by atoms with Crippen LogP contribution in [0.5, 0.6) is 5.75 Å². The lowest BCUT2D eigenvalue weighted by Crippen LogP contribution is -2.04. The molecule has 8 heteroatoms.